The molecule has 0 atom stereocenters. The van der Waals surface area contributed by atoms with Crippen LogP contribution in [0.5, 0.6) is 0 Å². The summed E-state index contributed by atoms with van der Waals surface area (Å²) in [5.41, 5.74) is -0.259. The molecule has 1 amide bonds. The fraction of sp³-hybridized carbons (Fsp3) is 0.389. The van der Waals surface area contributed by atoms with Crippen molar-refractivity contribution in [1.29, 1.82) is 0 Å². The largest absolute Gasteiger partial charge is 0.450 e. The van der Waals surface area contributed by atoms with Gasteiger partial charge >= 0.3 is 6.09 Å². The lowest BCUT2D eigenvalue weighted by Crippen LogP contribution is -2.42. The summed E-state index contributed by atoms with van der Waals surface area (Å²) in [6.07, 6.45) is 2.65. The molecule has 2 N–H and O–H groups in total. The van der Waals surface area contributed by atoms with Crippen molar-refractivity contribution in [3.05, 3.63) is 42.1 Å². The molecule has 2 aromatic rings. The average Bonchev–Trinajstić information content (AvgIpc) is 2.66. The van der Waals surface area contributed by atoms with Crippen molar-refractivity contribution >= 4 is 23.5 Å². The van der Waals surface area contributed by atoms with E-state index in [0.717, 1.165) is 12.8 Å². The summed E-state index contributed by atoms with van der Waals surface area (Å²) in [5.74, 6) is -0.768. The standard InChI is InChI=1S/C18H21F2N5O2/c1-2-27-18(26)25-10-7-12(8-11-25)22-17-21-9-6-15(24-17)23-16-13(19)4-3-5-14(16)20/h3-6,9,12H,2,7-8,10-11H2,1H3,(H2,21,22,23,24). The van der Waals surface area contributed by atoms with Gasteiger partial charge in [-0.2, -0.15) is 4.98 Å². The maximum absolute atomic E-state index is 13.8. The molecule has 27 heavy (non-hydrogen) atoms. The second-order valence-corrected chi connectivity index (χ2v) is 6.09. The van der Waals surface area contributed by atoms with Crippen LogP contribution < -0.4 is 10.6 Å². The summed E-state index contributed by atoms with van der Waals surface area (Å²) < 4.78 is 32.5. The molecule has 2 heterocycles. The minimum absolute atomic E-state index is 0.0936. The number of piperidine rings is 1. The molecule has 3 rings (SSSR count). The molecular weight excluding hydrogens is 356 g/mol. The lowest BCUT2D eigenvalue weighted by molar-refractivity contribution is 0.0983. The Balaban J connectivity index is 1.59. The van der Waals surface area contributed by atoms with Gasteiger partial charge in [0, 0.05) is 25.3 Å². The molecule has 0 unspecified atom stereocenters. The van der Waals surface area contributed by atoms with Gasteiger partial charge < -0.3 is 20.3 Å². The highest BCUT2D eigenvalue weighted by Crippen LogP contribution is 2.23. The number of hydrogen-bond acceptors (Lipinski definition) is 6. The fourth-order valence-electron chi connectivity index (χ4n) is 2.85. The smallest absolute Gasteiger partial charge is 0.409 e. The lowest BCUT2D eigenvalue weighted by Gasteiger charge is -2.31. The van der Waals surface area contributed by atoms with E-state index >= 15 is 0 Å². The molecule has 1 saturated heterocycles. The Morgan fingerprint density at radius 1 is 1.26 bits per heavy atom. The number of aromatic nitrogens is 2. The Bertz CT molecular complexity index is 777. The Kier molecular flexibility index (Phi) is 6.00. The van der Waals surface area contributed by atoms with Gasteiger partial charge in [0.25, 0.3) is 0 Å². The van der Waals surface area contributed by atoms with Crippen molar-refractivity contribution in [3.63, 3.8) is 0 Å². The zero-order valence-corrected chi connectivity index (χ0v) is 14.9. The van der Waals surface area contributed by atoms with E-state index in [4.69, 9.17) is 4.74 Å². The number of likely N-dealkylation sites (tertiary alicyclic amines) is 1. The SMILES string of the molecule is CCOC(=O)N1CCC(Nc2nccc(Nc3c(F)cccc3F)n2)CC1. The number of carbonyl (C=O) groups is 1. The van der Waals surface area contributed by atoms with Gasteiger partial charge in [0.1, 0.15) is 23.1 Å². The molecule has 0 radical (unpaired) electrons. The fourth-order valence-corrected chi connectivity index (χ4v) is 2.85. The number of anilines is 3. The van der Waals surface area contributed by atoms with Crippen LogP contribution in [0, 0.1) is 11.6 Å². The van der Waals surface area contributed by atoms with Gasteiger partial charge in [0.2, 0.25) is 5.95 Å². The molecule has 9 heteroatoms. The van der Waals surface area contributed by atoms with Gasteiger partial charge in [0.05, 0.1) is 6.61 Å². The number of carbonyl (C=O) groups excluding carboxylic acids is 1. The molecule has 1 aliphatic heterocycles. The predicted octanol–water partition coefficient (Wildman–Crippen LogP) is 3.53. The second-order valence-electron chi connectivity index (χ2n) is 6.09. The summed E-state index contributed by atoms with van der Waals surface area (Å²) >= 11 is 0. The van der Waals surface area contributed by atoms with Gasteiger partial charge in [0.15, 0.2) is 0 Å². The molecule has 0 saturated carbocycles. The summed E-state index contributed by atoms with van der Waals surface area (Å²) in [4.78, 5) is 21.8. The number of para-hydroxylation sites is 1. The monoisotopic (exact) mass is 377 g/mol. The minimum atomic E-state index is -0.700. The Hall–Kier alpha value is -2.97. The van der Waals surface area contributed by atoms with E-state index in [0.29, 0.717) is 25.6 Å². The van der Waals surface area contributed by atoms with Gasteiger partial charge in [-0.15, -0.1) is 0 Å². The lowest BCUT2D eigenvalue weighted by atomic mass is 10.1. The first-order chi connectivity index (χ1) is 13.1. The van der Waals surface area contributed by atoms with Crippen LogP contribution >= 0.6 is 0 Å². The van der Waals surface area contributed by atoms with Crippen molar-refractivity contribution in [3.8, 4) is 0 Å². The topological polar surface area (TPSA) is 79.4 Å². The Morgan fingerprint density at radius 3 is 2.63 bits per heavy atom. The van der Waals surface area contributed by atoms with E-state index in [1.165, 1.54) is 30.5 Å². The van der Waals surface area contributed by atoms with Gasteiger partial charge in [-0.05, 0) is 38.0 Å². The maximum Gasteiger partial charge on any atom is 0.409 e. The number of ether oxygens (including phenoxy) is 1. The van der Waals surface area contributed by atoms with Crippen molar-refractivity contribution in [1.82, 2.24) is 14.9 Å². The first kappa shape index (κ1) is 18.8. The minimum Gasteiger partial charge on any atom is -0.450 e. The van der Waals surface area contributed by atoms with Crippen molar-refractivity contribution in [2.45, 2.75) is 25.8 Å². The highest BCUT2D eigenvalue weighted by atomic mass is 19.1. The maximum atomic E-state index is 13.8. The number of amides is 1. The quantitative estimate of drug-likeness (QED) is 0.830. The van der Waals surface area contributed by atoms with E-state index in [1.54, 1.807) is 11.8 Å². The van der Waals surface area contributed by atoms with E-state index in [9.17, 15) is 13.6 Å². The highest BCUT2D eigenvalue weighted by Gasteiger charge is 2.24. The number of rotatable bonds is 5. The number of nitrogens with one attached hydrogen (secondary N) is 2. The Morgan fingerprint density at radius 2 is 1.96 bits per heavy atom. The highest BCUT2D eigenvalue weighted by molar-refractivity contribution is 5.67. The van der Waals surface area contributed by atoms with Crippen molar-refractivity contribution in [2.24, 2.45) is 0 Å². The number of nitrogens with zero attached hydrogens (tertiary/aromatic N) is 3. The van der Waals surface area contributed by atoms with Gasteiger partial charge in [-0.1, -0.05) is 6.07 Å². The molecule has 1 aromatic carbocycles. The van der Waals surface area contributed by atoms with Crippen molar-refractivity contribution in [2.75, 3.05) is 30.3 Å². The number of halogens is 2. The van der Waals surface area contributed by atoms with E-state index in [2.05, 4.69) is 20.6 Å². The van der Waals surface area contributed by atoms with Crippen LogP contribution in [0.1, 0.15) is 19.8 Å². The third kappa shape index (κ3) is 4.81. The molecule has 0 aliphatic carbocycles. The third-order valence-electron chi connectivity index (χ3n) is 4.23. The zero-order valence-electron chi connectivity index (χ0n) is 14.9. The first-order valence-corrected chi connectivity index (χ1v) is 8.79. The predicted molar refractivity (Wildman–Crippen MR) is 96.9 cm³/mol. The van der Waals surface area contributed by atoms with Crippen LogP contribution in [0.15, 0.2) is 30.5 Å². The van der Waals surface area contributed by atoms with E-state index in [1.807, 2.05) is 0 Å². The number of benzene rings is 1. The molecule has 1 aromatic heterocycles. The van der Waals surface area contributed by atoms with Crippen LogP contribution in [0.4, 0.5) is 31.0 Å². The van der Waals surface area contributed by atoms with E-state index < -0.39 is 11.6 Å². The van der Waals surface area contributed by atoms with E-state index in [-0.39, 0.29) is 23.6 Å². The molecule has 0 spiro atoms. The zero-order chi connectivity index (χ0) is 19.2. The van der Waals surface area contributed by atoms with Crippen LogP contribution in [0.2, 0.25) is 0 Å². The molecule has 1 aliphatic rings. The summed E-state index contributed by atoms with van der Waals surface area (Å²) in [5, 5.41) is 5.84. The average molecular weight is 377 g/mol. The van der Waals surface area contributed by atoms with Crippen LogP contribution in [0.25, 0.3) is 0 Å². The normalized spacial score (nSPS) is 14.7. The number of hydrogen-bond donors (Lipinski definition) is 2. The summed E-state index contributed by atoms with van der Waals surface area (Å²) in [6, 6.07) is 5.26. The van der Waals surface area contributed by atoms with Crippen molar-refractivity contribution < 1.29 is 18.3 Å². The third-order valence-corrected chi connectivity index (χ3v) is 4.23. The van der Waals surface area contributed by atoms with Crippen LogP contribution in [-0.2, 0) is 4.74 Å². The first-order valence-electron chi connectivity index (χ1n) is 8.79. The van der Waals surface area contributed by atoms with Crippen LogP contribution in [-0.4, -0.2) is 46.7 Å². The van der Waals surface area contributed by atoms with Crippen LogP contribution in [0.3, 0.4) is 0 Å². The summed E-state index contributed by atoms with van der Waals surface area (Å²) in [6.45, 7) is 3.29. The molecule has 0 bridgehead atoms. The van der Waals surface area contributed by atoms with Gasteiger partial charge in [-0.3, -0.25) is 0 Å². The molecule has 7 nitrogen and oxygen atoms in total. The molecule has 144 valence electrons. The molecular formula is C18H21F2N5O2. The Labute approximate surface area is 155 Å². The van der Waals surface area contributed by atoms with Gasteiger partial charge in [-0.25, -0.2) is 18.6 Å². The summed E-state index contributed by atoms with van der Waals surface area (Å²) in [7, 11) is 0. The second kappa shape index (κ2) is 8.61. The molecule has 1 fully saturated rings.